The second kappa shape index (κ2) is 8.27. The molecule has 0 bridgehead atoms. The number of amides is 1. The second-order valence-electron chi connectivity index (χ2n) is 6.54. The van der Waals surface area contributed by atoms with Crippen LogP contribution in [0.2, 0.25) is 0 Å². The largest absolute Gasteiger partial charge is 0.326 e. The molecule has 3 aromatic rings. The lowest BCUT2D eigenvalue weighted by molar-refractivity contribution is -0.115. The van der Waals surface area contributed by atoms with E-state index in [1.807, 2.05) is 31.2 Å². The van der Waals surface area contributed by atoms with Crippen LogP contribution in [0.3, 0.4) is 0 Å². The van der Waals surface area contributed by atoms with Crippen molar-refractivity contribution in [3.63, 3.8) is 0 Å². The van der Waals surface area contributed by atoms with Gasteiger partial charge in [-0.3, -0.25) is 9.10 Å². The Labute approximate surface area is 165 Å². The number of hydrogen-bond acceptors (Lipinski definition) is 3. The maximum atomic E-state index is 12.7. The Morgan fingerprint density at radius 2 is 1.50 bits per heavy atom. The van der Waals surface area contributed by atoms with Crippen molar-refractivity contribution in [1.82, 2.24) is 0 Å². The SMILES string of the molecule is Cc1ccc(NC(=O)Cc2ccc(N(C)S(=O)(=O)c3ccccc3)cc2)cc1. The van der Waals surface area contributed by atoms with Gasteiger partial charge in [-0.1, -0.05) is 48.0 Å². The van der Waals surface area contributed by atoms with Crippen LogP contribution in [0.25, 0.3) is 0 Å². The molecule has 0 aliphatic heterocycles. The Hall–Kier alpha value is -3.12. The molecule has 0 fully saturated rings. The molecule has 0 heterocycles. The highest BCUT2D eigenvalue weighted by atomic mass is 32.2. The summed E-state index contributed by atoms with van der Waals surface area (Å²) in [5, 5.41) is 2.86. The van der Waals surface area contributed by atoms with E-state index in [0.29, 0.717) is 5.69 Å². The van der Waals surface area contributed by atoms with E-state index in [9.17, 15) is 13.2 Å². The van der Waals surface area contributed by atoms with Crippen molar-refractivity contribution in [1.29, 1.82) is 0 Å². The summed E-state index contributed by atoms with van der Waals surface area (Å²) in [7, 11) is -2.10. The summed E-state index contributed by atoms with van der Waals surface area (Å²) in [6.45, 7) is 1.99. The molecule has 0 saturated heterocycles. The van der Waals surface area contributed by atoms with Gasteiger partial charge < -0.3 is 5.32 Å². The third kappa shape index (κ3) is 4.58. The van der Waals surface area contributed by atoms with Crippen molar-refractivity contribution in [2.75, 3.05) is 16.7 Å². The quantitative estimate of drug-likeness (QED) is 0.687. The van der Waals surface area contributed by atoms with Crippen LogP contribution in [-0.2, 0) is 21.2 Å². The highest BCUT2D eigenvalue weighted by Gasteiger charge is 2.20. The first kappa shape index (κ1) is 19.6. The number of carbonyl (C=O) groups is 1. The molecule has 0 atom stereocenters. The predicted molar refractivity (Wildman–Crippen MR) is 112 cm³/mol. The van der Waals surface area contributed by atoms with E-state index in [1.165, 1.54) is 11.4 Å². The zero-order valence-corrected chi connectivity index (χ0v) is 16.6. The van der Waals surface area contributed by atoms with Crippen molar-refractivity contribution in [3.8, 4) is 0 Å². The summed E-state index contributed by atoms with van der Waals surface area (Å²) < 4.78 is 26.6. The Balaban J connectivity index is 1.67. The van der Waals surface area contributed by atoms with Crippen LogP contribution in [0.4, 0.5) is 11.4 Å². The van der Waals surface area contributed by atoms with E-state index in [0.717, 1.165) is 16.8 Å². The average Bonchev–Trinajstić information content (AvgIpc) is 2.70. The Bertz CT molecular complexity index is 1050. The number of aryl methyl sites for hydroxylation is 1. The topological polar surface area (TPSA) is 66.5 Å². The lowest BCUT2D eigenvalue weighted by Crippen LogP contribution is -2.26. The van der Waals surface area contributed by atoms with Crippen LogP contribution in [0.5, 0.6) is 0 Å². The molecule has 1 amide bonds. The number of nitrogens with one attached hydrogen (secondary N) is 1. The molecule has 0 radical (unpaired) electrons. The van der Waals surface area contributed by atoms with E-state index in [1.54, 1.807) is 54.6 Å². The molecular weight excluding hydrogens is 372 g/mol. The first-order valence-electron chi connectivity index (χ1n) is 8.86. The molecule has 0 unspecified atom stereocenters. The summed E-state index contributed by atoms with van der Waals surface area (Å²) in [4.78, 5) is 12.4. The third-order valence-electron chi connectivity index (χ3n) is 4.40. The lowest BCUT2D eigenvalue weighted by Gasteiger charge is -2.19. The summed E-state index contributed by atoms with van der Waals surface area (Å²) in [5.74, 6) is -0.123. The highest BCUT2D eigenvalue weighted by molar-refractivity contribution is 7.92. The van der Waals surface area contributed by atoms with Crippen LogP contribution in [0.15, 0.2) is 83.8 Å². The average molecular weight is 394 g/mol. The van der Waals surface area contributed by atoms with Gasteiger partial charge in [-0.15, -0.1) is 0 Å². The fraction of sp³-hybridized carbons (Fsp3) is 0.136. The molecule has 5 nitrogen and oxygen atoms in total. The summed E-state index contributed by atoms with van der Waals surface area (Å²) in [6.07, 6.45) is 0.212. The van der Waals surface area contributed by atoms with Gasteiger partial charge >= 0.3 is 0 Å². The van der Waals surface area contributed by atoms with Crippen LogP contribution in [0, 0.1) is 6.92 Å². The molecule has 6 heteroatoms. The van der Waals surface area contributed by atoms with Crippen LogP contribution < -0.4 is 9.62 Å². The third-order valence-corrected chi connectivity index (χ3v) is 6.20. The van der Waals surface area contributed by atoms with Crippen molar-refractivity contribution >= 4 is 27.3 Å². The second-order valence-corrected chi connectivity index (χ2v) is 8.51. The molecule has 1 N–H and O–H groups in total. The van der Waals surface area contributed by atoms with Gasteiger partial charge in [-0.2, -0.15) is 0 Å². The predicted octanol–water partition coefficient (Wildman–Crippen LogP) is 4.00. The number of benzene rings is 3. The highest BCUT2D eigenvalue weighted by Crippen LogP contribution is 2.22. The molecule has 0 aliphatic carbocycles. The molecule has 144 valence electrons. The van der Waals surface area contributed by atoms with E-state index in [-0.39, 0.29) is 17.2 Å². The molecule has 0 aromatic heterocycles. The molecule has 3 aromatic carbocycles. The molecule has 0 saturated carbocycles. The first-order valence-corrected chi connectivity index (χ1v) is 10.3. The van der Waals surface area contributed by atoms with Gasteiger partial charge in [0.15, 0.2) is 0 Å². The van der Waals surface area contributed by atoms with Gasteiger partial charge in [0.2, 0.25) is 5.91 Å². The van der Waals surface area contributed by atoms with Gasteiger partial charge in [0.05, 0.1) is 17.0 Å². The van der Waals surface area contributed by atoms with Crippen molar-refractivity contribution < 1.29 is 13.2 Å². The molecule has 0 spiro atoms. The maximum absolute atomic E-state index is 12.7. The number of rotatable bonds is 6. The Morgan fingerprint density at radius 3 is 2.11 bits per heavy atom. The smallest absolute Gasteiger partial charge is 0.264 e. The number of hydrogen-bond donors (Lipinski definition) is 1. The fourth-order valence-electron chi connectivity index (χ4n) is 2.74. The molecular formula is C22H22N2O3S. The van der Waals surface area contributed by atoms with Gasteiger partial charge in [0.25, 0.3) is 10.0 Å². The zero-order chi connectivity index (χ0) is 20.1. The minimum absolute atomic E-state index is 0.123. The van der Waals surface area contributed by atoms with Gasteiger partial charge in [-0.05, 0) is 48.9 Å². The van der Waals surface area contributed by atoms with Crippen LogP contribution in [-0.4, -0.2) is 21.4 Å². The fourth-order valence-corrected chi connectivity index (χ4v) is 3.96. The molecule has 28 heavy (non-hydrogen) atoms. The van der Waals surface area contributed by atoms with Gasteiger partial charge in [-0.25, -0.2) is 8.42 Å². The molecule has 0 aliphatic rings. The number of sulfonamides is 1. The number of anilines is 2. The summed E-state index contributed by atoms with van der Waals surface area (Å²) >= 11 is 0. The minimum atomic E-state index is -3.62. The first-order chi connectivity index (χ1) is 13.4. The standard InChI is InChI=1S/C22H22N2O3S/c1-17-8-12-19(13-9-17)23-22(25)16-18-10-14-20(15-11-18)24(2)28(26,27)21-6-4-3-5-7-21/h3-15H,16H2,1-2H3,(H,23,25). The zero-order valence-electron chi connectivity index (χ0n) is 15.8. The van der Waals surface area contributed by atoms with Crippen molar-refractivity contribution in [2.24, 2.45) is 0 Å². The Kier molecular flexibility index (Phi) is 5.80. The van der Waals surface area contributed by atoms with E-state index in [4.69, 9.17) is 0 Å². The maximum Gasteiger partial charge on any atom is 0.264 e. The minimum Gasteiger partial charge on any atom is -0.326 e. The van der Waals surface area contributed by atoms with Gasteiger partial charge in [0.1, 0.15) is 0 Å². The van der Waals surface area contributed by atoms with Gasteiger partial charge in [0, 0.05) is 12.7 Å². The monoisotopic (exact) mass is 394 g/mol. The lowest BCUT2D eigenvalue weighted by atomic mass is 10.1. The number of nitrogens with zero attached hydrogens (tertiary/aromatic N) is 1. The summed E-state index contributed by atoms with van der Waals surface area (Å²) in [5.41, 5.74) is 3.22. The van der Waals surface area contributed by atoms with E-state index in [2.05, 4.69) is 5.32 Å². The Morgan fingerprint density at radius 1 is 0.893 bits per heavy atom. The van der Waals surface area contributed by atoms with E-state index < -0.39 is 10.0 Å². The number of carbonyl (C=O) groups excluding carboxylic acids is 1. The van der Waals surface area contributed by atoms with E-state index >= 15 is 0 Å². The molecule has 3 rings (SSSR count). The van der Waals surface area contributed by atoms with Crippen molar-refractivity contribution in [3.05, 3.63) is 90.0 Å². The normalized spacial score (nSPS) is 11.1. The van der Waals surface area contributed by atoms with Crippen LogP contribution >= 0.6 is 0 Å². The van der Waals surface area contributed by atoms with Crippen LogP contribution in [0.1, 0.15) is 11.1 Å². The summed E-state index contributed by atoms with van der Waals surface area (Å²) in [6, 6.07) is 22.8. The van der Waals surface area contributed by atoms with Crippen molar-refractivity contribution in [2.45, 2.75) is 18.2 Å².